The fourth-order valence-electron chi connectivity index (χ4n) is 1.19. The van der Waals surface area contributed by atoms with Gasteiger partial charge in [-0.25, -0.2) is 4.79 Å². The standard InChI is InChI=1S/C12H12ClNO3/c1-7(2)5-11(15)14-10-6-8(12(16)17)3-4-9(10)13/h3-6H,1-2H3,(H,14,15)(H,16,17). The van der Waals surface area contributed by atoms with Crippen LogP contribution in [0.2, 0.25) is 5.02 Å². The minimum Gasteiger partial charge on any atom is -0.478 e. The summed E-state index contributed by atoms with van der Waals surface area (Å²) in [6.07, 6.45) is 1.41. The first kappa shape index (κ1) is 13.3. The van der Waals surface area contributed by atoms with Gasteiger partial charge in [0, 0.05) is 6.08 Å². The van der Waals surface area contributed by atoms with Crippen LogP contribution in [0.3, 0.4) is 0 Å². The number of carboxylic acid groups (broad SMARTS) is 1. The van der Waals surface area contributed by atoms with E-state index in [1.807, 2.05) is 0 Å². The summed E-state index contributed by atoms with van der Waals surface area (Å²) < 4.78 is 0. The van der Waals surface area contributed by atoms with E-state index >= 15 is 0 Å². The largest absolute Gasteiger partial charge is 0.478 e. The topological polar surface area (TPSA) is 66.4 Å². The van der Waals surface area contributed by atoms with Crippen molar-refractivity contribution in [3.8, 4) is 0 Å². The maximum atomic E-state index is 11.5. The Labute approximate surface area is 104 Å². The second-order valence-electron chi connectivity index (χ2n) is 3.71. The number of amides is 1. The van der Waals surface area contributed by atoms with Crippen LogP contribution < -0.4 is 5.32 Å². The lowest BCUT2D eigenvalue weighted by Gasteiger charge is -2.06. The molecule has 0 aliphatic rings. The van der Waals surface area contributed by atoms with E-state index in [9.17, 15) is 9.59 Å². The molecule has 0 saturated carbocycles. The zero-order valence-corrected chi connectivity index (χ0v) is 10.2. The van der Waals surface area contributed by atoms with Gasteiger partial charge in [-0.2, -0.15) is 0 Å². The molecule has 0 aliphatic heterocycles. The average Bonchev–Trinajstić information content (AvgIpc) is 2.19. The minimum atomic E-state index is -1.07. The number of hydrogen-bond acceptors (Lipinski definition) is 2. The normalized spacial score (nSPS) is 9.59. The van der Waals surface area contributed by atoms with Crippen LogP contribution in [0.15, 0.2) is 29.8 Å². The molecule has 5 heteroatoms. The number of carbonyl (C=O) groups is 2. The second kappa shape index (κ2) is 5.50. The highest BCUT2D eigenvalue weighted by Gasteiger charge is 2.08. The number of nitrogens with one attached hydrogen (secondary N) is 1. The molecule has 0 radical (unpaired) electrons. The molecule has 0 spiro atoms. The Balaban J connectivity index is 2.98. The lowest BCUT2D eigenvalue weighted by molar-refractivity contribution is -0.111. The minimum absolute atomic E-state index is 0.0712. The predicted octanol–water partition coefficient (Wildman–Crippen LogP) is 2.94. The third kappa shape index (κ3) is 3.92. The molecular weight excluding hydrogens is 242 g/mol. The van der Waals surface area contributed by atoms with Gasteiger partial charge in [-0.3, -0.25) is 4.79 Å². The van der Waals surface area contributed by atoms with E-state index in [2.05, 4.69) is 5.32 Å². The van der Waals surface area contributed by atoms with Crippen molar-refractivity contribution in [3.63, 3.8) is 0 Å². The summed E-state index contributed by atoms with van der Waals surface area (Å²) in [7, 11) is 0. The lowest BCUT2D eigenvalue weighted by atomic mass is 10.2. The summed E-state index contributed by atoms with van der Waals surface area (Å²) in [6, 6.07) is 4.13. The van der Waals surface area contributed by atoms with Crippen molar-refractivity contribution < 1.29 is 14.7 Å². The Morgan fingerprint density at radius 2 is 2.00 bits per heavy atom. The van der Waals surface area contributed by atoms with Crippen molar-refractivity contribution >= 4 is 29.2 Å². The maximum Gasteiger partial charge on any atom is 0.335 e. The quantitative estimate of drug-likeness (QED) is 0.814. The van der Waals surface area contributed by atoms with Crippen molar-refractivity contribution in [1.29, 1.82) is 0 Å². The summed E-state index contributed by atoms with van der Waals surface area (Å²) in [5.74, 6) is -1.41. The summed E-state index contributed by atoms with van der Waals surface area (Å²) >= 11 is 5.85. The molecule has 4 nitrogen and oxygen atoms in total. The average molecular weight is 254 g/mol. The number of halogens is 1. The number of benzene rings is 1. The van der Waals surface area contributed by atoms with Crippen LogP contribution in [0.4, 0.5) is 5.69 Å². The molecule has 0 fully saturated rings. The van der Waals surface area contributed by atoms with Crippen LogP contribution >= 0.6 is 11.6 Å². The lowest BCUT2D eigenvalue weighted by Crippen LogP contribution is -2.09. The van der Waals surface area contributed by atoms with Crippen molar-refractivity contribution in [2.45, 2.75) is 13.8 Å². The van der Waals surface area contributed by atoms with Gasteiger partial charge in [-0.05, 0) is 32.0 Å². The Morgan fingerprint density at radius 1 is 1.35 bits per heavy atom. The van der Waals surface area contributed by atoms with Gasteiger partial charge in [-0.15, -0.1) is 0 Å². The highest BCUT2D eigenvalue weighted by Crippen LogP contribution is 2.23. The first-order valence-electron chi connectivity index (χ1n) is 4.89. The van der Waals surface area contributed by atoms with Crippen molar-refractivity contribution in [1.82, 2.24) is 0 Å². The van der Waals surface area contributed by atoms with Crippen LogP contribution in [-0.2, 0) is 4.79 Å². The molecule has 0 atom stereocenters. The molecule has 0 aliphatic carbocycles. The molecule has 0 heterocycles. The molecule has 17 heavy (non-hydrogen) atoms. The second-order valence-corrected chi connectivity index (χ2v) is 4.12. The molecule has 0 saturated heterocycles. The molecule has 0 bridgehead atoms. The summed E-state index contributed by atoms with van der Waals surface area (Å²) in [5, 5.41) is 11.6. The van der Waals surface area contributed by atoms with Gasteiger partial charge >= 0.3 is 5.97 Å². The van der Waals surface area contributed by atoms with Gasteiger partial charge < -0.3 is 10.4 Å². The number of rotatable bonds is 3. The third-order valence-electron chi connectivity index (χ3n) is 1.89. The number of anilines is 1. The van der Waals surface area contributed by atoms with Crippen LogP contribution in [0.5, 0.6) is 0 Å². The monoisotopic (exact) mass is 253 g/mol. The number of hydrogen-bond donors (Lipinski definition) is 2. The van der Waals surface area contributed by atoms with E-state index in [1.54, 1.807) is 13.8 Å². The predicted molar refractivity (Wildman–Crippen MR) is 66.5 cm³/mol. The molecule has 1 aromatic rings. The van der Waals surface area contributed by atoms with Gasteiger partial charge in [0.25, 0.3) is 0 Å². The Morgan fingerprint density at radius 3 is 2.53 bits per heavy atom. The Kier molecular flexibility index (Phi) is 4.29. The molecule has 2 N–H and O–H groups in total. The van der Waals surface area contributed by atoms with Crippen molar-refractivity contribution in [2.24, 2.45) is 0 Å². The van der Waals surface area contributed by atoms with E-state index in [4.69, 9.17) is 16.7 Å². The third-order valence-corrected chi connectivity index (χ3v) is 2.22. The van der Waals surface area contributed by atoms with Gasteiger partial charge in [0.15, 0.2) is 0 Å². The van der Waals surface area contributed by atoms with Crippen LogP contribution in [-0.4, -0.2) is 17.0 Å². The van der Waals surface area contributed by atoms with Gasteiger partial charge in [-0.1, -0.05) is 17.2 Å². The SMILES string of the molecule is CC(C)=CC(=O)Nc1cc(C(=O)O)ccc1Cl. The van der Waals surface area contributed by atoms with E-state index in [0.29, 0.717) is 5.02 Å². The maximum absolute atomic E-state index is 11.5. The van der Waals surface area contributed by atoms with Crippen LogP contribution in [0, 0.1) is 0 Å². The zero-order chi connectivity index (χ0) is 13.0. The van der Waals surface area contributed by atoms with E-state index < -0.39 is 5.97 Å². The highest BCUT2D eigenvalue weighted by molar-refractivity contribution is 6.34. The summed E-state index contributed by atoms with van der Waals surface area (Å²) in [4.78, 5) is 22.2. The highest BCUT2D eigenvalue weighted by atomic mass is 35.5. The molecule has 90 valence electrons. The van der Waals surface area contributed by atoms with E-state index in [-0.39, 0.29) is 17.2 Å². The Bertz CT molecular complexity index is 491. The molecule has 0 unspecified atom stereocenters. The van der Waals surface area contributed by atoms with Crippen molar-refractivity contribution in [3.05, 3.63) is 40.4 Å². The summed E-state index contributed by atoms with van der Waals surface area (Å²) in [5.41, 5.74) is 1.20. The van der Waals surface area contributed by atoms with Gasteiger partial charge in [0.2, 0.25) is 5.91 Å². The number of carbonyl (C=O) groups excluding carboxylic acids is 1. The van der Waals surface area contributed by atoms with E-state index in [0.717, 1.165) is 5.57 Å². The fourth-order valence-corrected chi connectivity index (χ4v) is 1.35. The van der Waals surface area contributed by atoms with E-state index in [1.165, 1.54) is 24.3 Å². The number of allylic oxidation sites excluding steroid dienone is 1. The first-order valence-corrected chi connectivity index (χ1v) is 5.26. The van der Waals surface area contributed by atoms with Gasteiger partial charge in [0.1, 0.15) is 0 Å². The van der Waals surface area contributed by atoms with Crippen LogP contribution in [0.1, 0.15) is 24.2 Å². The molecule has 0 aromatic heterocycles. The number of carboxylic acids is 1. The summed E-state index contributed by atoms with van der Waals surface area (Å²) in [6.45, 7) is 3.57. The van der Waals surface area contributed by atoms with Gasteiger partial charge in [0.05, 0.1) is 16.3 Å². The number of aromatic carboxylic acids is 1. The fraction of sp³-hybridized carbons (Fsp3) is 0.167. The van der Waals surface area contributed by atoms with Crippen LogP contribution in [0.25, 0.3) is 0 Å². The van der Waals surface area contributed by atoms with Crippen molar-refractivity contribution in [2.75, 3.05) is 5.32 Å². The molecule has 1 rings (SSSR count). The zero-order valence-electron chi connectivity index (χ0n) is 9.45. The first-order chi connectivity index (χ1) is 7.90. The smallest absolute Gasteiger partial charge is 0.335 e. The Hall–Kier alpha value is -1.81. The molecule has 1 amide bonds. The molecular formula is C12H12ClNO3. The molecule has 1 aromatic carbocycles.